The summed E-state index contributed by atoms with van der Waals surface area (Å²) in [4.78, 5) is 34.3. The average molecular weight is 402 g/mol. The molecule has 0 bridgehead atoms. The van der Waals surface area contributed by atoms with Crippen molar-refractivity contribution in [2.24, 2.45) is 5.73 Å². The third-order valence-corrected chi connectivity index (χ3v) is 4.76. The largest absolute Gasteiger partial charge is 0.471 e. The Hall–Kier alpha value is -2.88. The molecule has 3 rings (SSSR count). The van der Waals surface area contributed by atoms with Crippen LogP contribution in [-0.4, -0.2) is 35.3 Å². The van der Waals surface area contributed by atoms with Gasteiger partial charge in [-0.05, 0) is 23.1 Å². The fourth-order valence-corrected chi connectivity index (χ4v) is 3.50. The molecule has 2 aromatic rings. The van der Waals surface area contributed by atoms with Crippen LogP contribution in [0.25, 0.3) is 10.8 Å². The maximum absolute atomic E-state index is 12.9. The first-order valence-corrected chi connectivity index (χ1v) is 8.09. The van der Waals surface area contributed by atoms with Gasteiger partial charge in [-0.1, -0.05) is 6.07 Å². The van der Waals surface area contributed by atoms with Gasteiger partial charge < -0.3 is 10.6 Å². The monoisotopic (exact) mass is 401 g/mol. The van der Waals surface area contributed by atoms with E-state index in [-0.39, 0.29) is 34.4 Å². The molecule has 0 aromatic heterocycles. The molecule has 0 fully saturated rings. The number of carbonyl (C=O) groups excluding carboxylic acids is 2. The van der Waals surface area contributed by atoms with E-state index in [2.05, 4.69) is 0 Å². The second kappa shape index (κ2) is 6.38. The SMILES string of the molecule is NC(=O)c1ccc2c3c(cc([N+](=O)[O-])c2c1)N(C(=O)C(F)(F)F)CC3CCl. The van der Waals surface area contributed by atoms with E-state index >= 15 is 0 Å². The third-order valence-electron chi connectivity index (χ3n) is 4.39. The van der Waals surface area contributed by atoms with Crippen molar-refractivity contribution in [3.63, 3.8) is 0 Å². The van der Waals surface area contributed by atoms with Gasteiger partial charge >= 0.3 is 12.1 Å². The van der Waals surface area contributed by atoms with Crippen LogP contribution in [0.5, 0.6) is 0 Å². The quantitative estimate of drug-likeness (QED) is 0.484. The number of hydrogen-bond donors (Lipinski definition) is 1. The molecule has 142 valence electrons. The first kappa shape index (κ1) is 18.9. The Labute approximate surface area is 154 Å². The molecule has 1 atom stereocenters. The van der Waals surface area contributed by atoms with E-state index in [1.807, 2.05) is 0 Å². The lowest BCUT2D eigenvalue weighted by atomic mass is 9.93. The van der Waals surface area contributed by atoms with Gasteiger partial charge in [-0.3, -0.25) is 19.7 Å². The smallest absolute Gasteiger partial charge is 0.366 e. The zero-order chi connectivity index (χ0) is 20.1. The minimum atomic E-state index is -5.14. The van der Waals surface area contributed by atoms with Crippen LogP contribution >= 0.6 is 11.6 Å². The maximum atomic E-state index is 12.9. The summed E-state index contributed by atoms with van der Waals surface area (Å²) in [6.07, 6.45) is -5.14. The molecule has 7 nitrogen and oxygen atoms in total. The van der Waals surface area contributed by atoms with E-state index in [1.54, 1.807) is 0 Å². The zero-order valence-electron chi connectivity index (χ0n) is 13.4. The fraction of sp³-hybridized carbons (Fsp3) is 0.250. The lowest BCUT2D eigenvalue weighted by molar-refractivity contribution is -0.383. The van der Waals surface area contributed by atoms with Crippen molar-refractivity contribution in [1.82, 2.24) is 0 Å². The van der Waals surface area contributed by atoms with Crippen LogP contribution in [0.3, 0.4) is 0 Å². The Balaban J connectivity index is 2.34. The molecule has 1 heterocycles. The molecule has 0 radical (unpaired) electrons. The van der Waals surface area contributed by atoms with Crippen molar-refractivity contribution in [2.75, 3.05) is 17.3 Å². The van der Waals surface area contributed by atoms with Gasteiger partial charge in [-0.15, -0.1) is 11.6 Å². The molecule has 0 saturated carbocycles. The summed E-state index contributed by atoms with van der Waals surface area (Å²) in [5, 5.41) is 11.7. The predicted molar refractivity (Wildman–Crippen MR) is 91.0 cm³/mol. The molecular formula is C16H11ClF3N3O4. The summed E-state index contributed by atoms with van der Waals surface area (Å²) < 4.78 is 38.8. The number of non-ortho nitro benzene ring substituents is 1. The molecular weight excluding hydrogens is 391 g/mol. The Morgan fingerprint density at radius 3 is 2.48 bits per heavy atom. The number of carbonyl (C=O) groups is 2. The number of primary amides is 1. The van der Waals surface area contributed by atoms with Gasteiger partial charge in [0.25, 0.3) is 5.69 Å². The number of nitrogens with two attached hydrogens (primary N) is 1. The highest BCUT2D eigenvalue weighted by molar-refractivity contribution is 6.19. The molecule has 11 heteroatoms. The standard InChI is InChI=1S/C16H11ClF3N3O4/c17-5-8-6-22(15(25)16(18,19)20)12-4-11(23(26)27)10-3-7(14(21)24)1-2-9(10)13(8)12/h1-4,8H,5-6H2,(H2,21,24). The number of nitrogens with zero attached hydrogens (tertiary/aromatic N) is 2. The van der Waals surface area contributed by atoms with E-state index in [0.29, 0.717) is 10.5 Å². The highest BCUT2D eigenvalue weighted by atomic mass is 35.5. The van der Waals surface area contributed by atoms with Gasteiger partial charge in [0.15, 0.2) is 0 Å². The van der Waals surface area contributed by atoms with Crippen LogP contribution in [-0.2, 0) is 4.79 Å². The summed E-state index contributed by atoms with van der Waals surface area (Å²) in [5.41, 5.74) is 4.74. The molecule has 2 N–H and O–H groups in total. The molecule has 1 unspecified atom stereocenters. The number of anilines is 1. The predicted octanol–water partition coefficient (Wildman–Crippen LogP) is 3.08. The maximum Gasteiger partial charge on any atom is 0.471 e. The molecule has 2 amide bonds. The van der Waals surface area contributed by atoms with Crippen molar-refractivity contribution in [2.45, 2.75) is 12.1 Å². The zero-order valence-corrected chi connectivity index (χ0v) is 14.2. The van der Waals surface area contributed by atoms with Crippen molar-refractivity contribution in [3.8, 4) is 0 Å². The number of nitro groups is 1. The summed E-state index contributed by atoms with van der Waals surface area (Å²) in [5.74, 6) is -3.69. The van der Waals surface area contributed by atoms with Crippen molar-refractivity contribution < 1.29 is 27.7 Å². The lowest BCUT2D eigenvalue weighted by Gasteiger charge is -2.19. The first-order valence-electron chi connectivity index (χ1n) is 7.55. The summed E-state index contributed by atoms with van der Waals surface area (Å²) >= 11 is 5.88. The number of rotatable bonds is 3. The molecule has 1 aliphatic rings. The number of fused-ring (bicyclic) bond motifs is 3. The number of amides is 2. The van der Waals surface area contributed by atoms with Gasteiger partial charge in [0.05, 0.1) is 16.0 Å². The van der Waals surface area contributed by atoms with Gasteiger partial charge in [0, 0.05) is 30.0 Å². The van der Waals surface area contributed by atoms with Crippen LogP contribution in [0, 0.1) is 10.1 Å². The van der Waals surface area contributed by atoms with E-state index in [0.717, 1.165) is 6.07 Å². The van der Waals surface area contributed by atoms with E-state index in [1.165, 1.54) is 18.2 Å². The van der Waals surface area contributed by atoms with Gasteiger partial charge in [0.1, 0.15) is 0 Å². The third kappa shape index (κ3) is 3.05. The van der Waals surface area contributed by atoms with Crippen LogP contribution in [0.4, 0.5) is 24.5 Å². The molecule has 27 heavy (non-hydrogen) atoms. The Morgan fingerprint density at radius 2 is 1.96 bits per heavy atom. The molecule has 0 saturated heterocycles. The highest BCUT2D eigenvalue weighted by Crippen LogP contribution is 2.46. The molecule has 1 aliphatic heterocycles. The van der Waals surface area contributed by atoms with Crippen LogP contribution in [0.1, 0.15) is 21.8 Å². The van der Waals surface area contributed by atoms with Gasteiger partial charge in [0.2, 0.25) is 5.91 Å². The molecule has 2 aromatic carbocycles. The van der Waals surface area contributed by atoms with Crippen LogP contribution in [0.2, 0.25) is 0 Å². The molecule has 0 spiro atoms. The minimum absolute atomic E-state index is 0.00851. The van der Waals surface area contributed by atoms with Crippen molar-refractivity contribution in [1.29, 1.82) is 0 Å². The van der Waals surface area contributed by atoms with E-state index < -0.39 is 34.5 Å². The van der Waals surface area contributed by atoms with E-state index in [9.17, 15) is 32.9 Å². The van der Waals surface area contributed by atoms with Gasteiger partial charge in [-0.25, -0.2) is 0 Å². The summed E-state index contributed by atoms with van der Waals surface area (Å²) in [6.45, 7) is -0.356. The van der Waals surface area contributed by atoms with Crippen molar-refractivity contribution >= 4 is 45.6 Å². The van der Waals surface area contributed by atoms with Crippen molar-refractivity contribution in [3.05, 3.63) is 45.5 Å². The van der Waals surface area contributed by atoms with Crippen LogP contribution < -0.4 is 10.6 Å². The Bertz CT molecular complexity index is 993. The summed E-state index contributed by atoms with van der Waals surface area (Å²) in [6, 6.07) is 4.78. The normalized spacial score (nSPS) is 16.4. The number of nitro benzene ring substituents is 1. The Kier molecular flexibility index (Phi) is 4.46. The topological polar surface area (TPSA) is 107 Å². The van der Waals surface area contributed by atoms with E-state index in [4.69, 9.17) is 17.3 Å². The first-order chi connectivity index (χ1) is 12.6. The number of hydrogen-bond acceptors (Lipinski definition) is 4. The number of benzene rings is 2. The van der Waals surface area contributed by atoms with Crippen LogP contribution in [0.15, 0.2) is 24.3 Å². The second-order valence-electron chi connectivity index (χ2n) is 5.97. The average Bonchev–Trinajstić information content (AvgIpc) is 2.97. The summed E-state index contributed by atoms with van der Waals surface area (Å²) in [7, 11) is 0. The lowest BCUT2D eigenvalue weighted by Crippen LogP contribution is -2.40. The minimum Gasteiger partial charge on any atom is -0.366 e. The fourth-order valence-electron chi connectivity index (χ4n) is 3.25. The van der Waals surface area contributed by atoms with Gasteiger partial charge in [-0.2, -0.15) is 13.2 Å². The second-order valence-corrected chi connectivity index (χ2v) is 6.28. The highest BCUT2D eigenvalue weighted by Gasteiger charge is 2.47. The number of alkyl halides is 4. The Morgan fingerprint density at radius 1 is 1.30 bits per heavy atom. The number of halogens is 4. The molecule has 0 aliphatic carbocycles.